The molecule has 3 N–H and O–H groups in total. The van der Waals surface area contributed by atoms with Gasteiger partial charge in [-0.15, -0.1) is 0 Å². The summed E-state index contributed by atoms with van der Waals surface area (Å²) in [5.41, 5.74) is 1.28. The van der Waals surface area contributed by atoms with Gasteiger partial charge in [0.15, 0.2) is 0 Å². The van der Waals surface area contributed by atoms with Crippen molar-refractivity contribution in [1.29, 1.82) is 0 Å². The van der Waals surface area contributed by atoms with Gasteiger partial charge in [0.2, 0.25) is 0 Å². The Hall–Kier alpha value is -1.70. The van der Waals surface area contributed by atoms with Gasteiger partial charge in [-0.25, -0.2) is 4.79 Å². The summed E-state index contributed by atoms with van der Waals surface area (Å²) in [6.07, 6.45) is 4.80. The van der Waals surface area contributed by atoms with Gasteiger partial charge in [-0.2, -0.15) is 0 Å². The van der Waals surface area contributed by atoms with Crippen LogP contribution in [0.15, 0.2) is 18.2 Å². The van der Waals surface area contributed by atoms with E-state index in [-0.39, 0.29) is 18.7 Å². The number of rotatable bonds is 3. The lowest BCUT2D eigenvalue weighted by molar-refractivity contribution is 0.248. The fraction of sp³-hybridized carbons (Fsp3) is 0.438. The highest BCUT2D eigenvalue weighted by Crippen LogP contribution is 2.21. The minimum Gasteiger partial charge on any atom is -0.395 e. The number of aliphatic hydroxyl groups is 1. The van der Waals surface area contributed by atoms with Crippen LogP contribution in [-0.2, 0) is 0 Å². The predicted molar refractivity (Wildman–Crippen MR) is 84.4 cm³/mol. The van der Waals surface area contributed by atoms with Gasteiger partial charge < -0.3 is 15.7 Å². The van der Waals surface area contributed by atoms with E-state index in [1.807, 2.05) is 0 Å². The molecule has 1 fully saturated rings. The Morgan fingerprint density at radius 3 is 2.86 bits per heavy atom. The first-order valence-corrected chi connectivity index (χ1v) is 7.53. The number of anilines is 1. The van der Waals surface area contributed by atoms with Gasteiger partial charge in [0.25, 0.3) is 0 Å². The maximum absolute atomic E-state index is 12.0. The van der Waals surface area contributed by atoms with Crippen molar-refractivity contribution in [1.82, 2.24) is 5.32 Å². The number of amides is 2. The Morgan fingerprint density at radius 1 is 1.38 bits per heavy atom. The highest BCUT2D eigenvalue weighted by molar-refractivity contribution is 6.31. The molecule has 2 rings (SSSR count). The van der Waals surface area contributed by atoms with Crippen molar-refractivity contribution in [3.63, 3.8) is 0 Å². The topological polar surface area (TPSA) is 61.4 Å². The first-order valence-electron chi connectivity index (χ1n) is 7.16. The lowest BCUT2D eigenvalue weighted by Crippen LogP contribution is -2.36. The summed E-state index contributed by atoms with van der Waals surface area (Å²) in [6, 6.07) is 5.20. The first-order chi connectivity index (χ1) is 10.2. The van der Waals surface area contributed by atoms with Crippen molar-refractivity contribution in [2.45, 2.75) is 38.1 Å². The molecule has 0 unspecified atom stereocenters. The summed E-state index contributed by atoms with van der Waals surface area (Å²) < 4.78 is 0. The molecular formula is C16H19ClN2O2. The summed E-state index contributed by atoms with van der Waals surface area (Å²) in [7, 11) is 0. The van der Waals surface area contributed by atoms with Crippen LogP contribution in [0.25, 0.3) is 0 Å². The fourth-order valence-corrected chi connectivity index (χ4v) is 2.53. The smallest absolute Gasteiger partial charge is 0.319 e. The predicted octanol–water partition coefficient (Wildman–Crippen LogP) is 3.14. The van der Waals surface area contributed by atoms with Crippen LogP contribution in [0.4, 0.5) is 10.5 Å². The van der Waals surface area contributed by atoms with E-state index in [1.54, 1.807) is 18.2 Å². The molecule has 0 saturated heterocycles. The molecule has 0 atom stereocenters. The third kappa shape index (κ3) is 4.96. The van der Waals surface area contributed by atoms with E-state index in [0.29, 0.717) is 22.7 Å². The molecule has 1 aliphatic rings. The summed E-state index contributed by atoms with van der Waals surface area (Å²) in [4.78, 5) is 12.0. The molecule has 112 valence electrons. The molecule has 1 aliphatic carbocycles. The Morgan fingerprint density at radius 2 is 2.14 bits per heavy atom. The highest BCUT2D eigenvalue weighted by Gasteiger charge is 2.17. The van der Waals surface area contributed by atoms with Crippen LogP contribution in [0.5, 0.6) is 0 Å². The van der Waals surface area contributed by atoms with Crippen molar-refractivity contribution < 1.29 is 9.90 Å². The van der Waals surface area contributed by atoms with E-state index in [4.69, 9.17) is 16.7 Å². The maximum atomic E-state index is 12.0. The van der Waals surface area contributed by atoms with Crippen LogP contribution in [-0.4, -0.2) is 23.8 Å². The Bertz CT molecular complexity index is 557. The molecule has 5 heteroatoms. The van der Waals surface area contributed by atoms with Crippen LogP contribution in [0, 0.1) is 11.8 Å². The number of carbonyl (C=O) groups is 1. The number of hydrogen-bond donors (Lipinski definition) is 3. The van der Waals surface area contributed by atoms with Gasteiger partial charge in [-0.3, -0.25) is 0 Å². The summed E-state index contributed by atoms with van der Waals surface area (Å²) in [5.74, 6) is 5.77. The van der Waals surface area contributed by atoms with Crippen molar-refractivity contribution >= 4 is 23.3 Å². The second kappa shape index (κ2) is 7.92. The molecular weight excluding hydrogens is 288 g/mol. The molecule has 0 aliphatic heterocycles. The van der Waals surface area contributed by atoms with Crippen LogP contribution in [0.1, 0.15) is 37.7 Å². The zero-order valence-electron chi connectivity index (χ0n) is 11.8. The number of halogens is 1. The van der Waals surface area contributed by atoms with Gasteiger partial charge in [0.1, 0.15) is 0 Å². The molecule has 4 nitrogen and oxygen atoms in total. The van der Waals surface area contributed by atoms with Crippen molar-refractivity contribution in [2.75, 3.05) is 11.9 Å². The van der Waals surface area contributed by atoms with Crippen LogP contribution in [0.3, 0.4) is 0 Å². The molecule has 0 aromatic heterocycles. The molecule has 0 heterocycles. The molecule has 0 bridgehead atoms. The second-order valence-electron chi connectivity index (χ2n) is 5.05. The number of carbonyl (C=O) groups excluding carboxylic acids is 1. The van der Waals surface area contributed by atoms with E-state index >= 15 is 0 Å². The molecule has 0 spiro atoms. The van der Waals surface area contributed by atoms with Gasteiger partial charge in [-0.1, -0.05) is 36.3 Å². The van der Waals surface area contributed by atoms with Gasteiger partial charge in [0.05, 0.1) is 12.3 Å². The number of benzene rings is 1. The van der Waals surface area contributed by atoms with Crippen molar-refractivity contribution in [3.05, 3.63) is 28.8 Å². The first kappa shape index (κ1) is 15.7. The lowest BCUT2D eigenvalue weighted by atomic mass is 10.1. The zero-order chi connectivity index (χ0) is 15.1. The lowest BCUT2D eigenvalue weighted by Gasteiger charge is -2.14. The monoisotopic (exact) mass is 306 g/mol. The van der Waals surface area contributed by atoms with Gasteiger partial charge in [0, 0.05) is 23.0 Å². The second-order valence-corrected chi connectivity index (χ2v) is 5.48. The highest BCUT2D eigenvalue weighted by atomic mass is 35.5. The summed E-state index contributed by atoms with van der Waals surface area (Å²) >= 11 is 5.97. The van der Waals surface area contributed by atoms with Gasteiger partial charge in [-0.05, 0) is 31.0 Å². The average molecular weight is 307 g/mol. The number of aliphatic hydroxyl groups excluding tert-OH is 1. The fourth-order valence-electron chi connectivity index (χ4n) is 2.36. The number of hydrogen-bond acceptors (Lipinski definition) is 2. The van der Waals surface area contributed by atoms with Crippen LogP contribution < -0.4 is 10.6 Å². The summed E-state index contributed by atoms with van der Waals surface area (Å²) in [6.45, 7) is 0.0194. The summed E-state index contributed by atoms with van der Waals surface area (Å²) in [5, 5.41) is 15.1. The number of nitrogens with one attached hydrogen (secondary N) is 2. The molecule has 1 aromatic rings. The van der Waals surface area contributed by atoms with Gasteiger partial charge >= 0.3 is 6.03 Å². The Balaban J connectivity index is 2.05. The SMILES string of the molecule is O=C(Nc1cc(Cl)ccc1C#CCCO)NC1CCCC1. The zero-order valence-corrected chi connectivity index (χ0v) is 12.5. The van der Waals surface area contributed by atoms with E-state index in [9.17, 15) is 4.79 Å². The molecule has 21 heavy (non-hydrogen) atoms. The molecule has 1 saturated carbocycles. The minimum absolute atomic E-state index is 0.0194. The van der Waals surface area contributed by atoms with E-state index in [0.717, 1.165) is 12.8 Å². The largest absolute Gasteiger partial charge is 0.395 e. The molecule has 0 radical (unpaired) electrons. The molecule has 1 aromatic carbocycles. The van der Waals surface area contributed by atoms with Crippen LogP contribution >= 0.6 is 11.6 Å². The standard InChI is InChI=1S/C16H19ClN2O2/c17-13-9-8-12(5-3-4-10-20)15(11-13)19-16(21)18-14-6-1-2-7-14/h8-9,11,14,20H,1-2,4,6-7,10H2,(H2,18,19,21). The Kier molecular flexibility index (Phi) is 5.91. The average Bonchev–Trinajstić information content (AvgIpc) is 2.94. The molecule has 2 amide bonds. The van der Waals surface area contributed by atoms with Crippen molar-refractivity contribution in [3.8, 4) is 11.8 Å². The quantitative estimate of drug-likeness (QED) is 0.751. The third-order valence-electron chi connectivity index (χ3n) is 3.38. The number of urea groups is 1. The normalized spacial score (nSPS) is 14.4. The van der Waals surface area contributed by atoms with E-state index in [1.165, 1.54) is 12.8 Å². The Labute approximate surface area is 129 Å². The maximum Gasteiger partial charge on any atom is 0.319 e. The van der Waals surface area contributed by atoms with Crippen LogP contribution in [0.2, 0.25) is 5.02 Å². The third-order valence-corrected chi connectivity index (χ3v) is 3.62. The van der Waals surface area contributed by atoms with E-state index < -0.39 is 0 Å². The van der Waals surface area contributed by atoms with E-state index in [2.05, 4.69) is 22.5 Å². The van der Waals surface area contributed by atoms with Crippen molar-refractivity contribution in [2.24, 2.45) is 0 Å². The minimum atomic E-state index is -0.227.